The standard InChI is InChI=1S/C71H110O6/c1-4-7-10-13-16-19-22-25-28-31-34-35-38-40-43-46-49-52-55-58-61-64-70(73)76-67-68(77-71(74)65-62-59-56-53-50-47-44-41-37-33-30-27-24-21-18-15-12-9-6-3)66-75-69(72)63-60-57-54-51-48-45-42-39-36-32-29-26-23-20-17-14-11-8-5-2/h8-9,11-12,17-18,20-22,25-27,29-31,34,36-41,45,47-48,50,56,59,68H,4-7,10,13-16,19,23-24,28,32-33,35,42-44,46,49,51-55,57-58,60-67H2,1-3H3/b11-8-,12-9-,20-17-,21-18-,25-22-,29-26-,30-27-,34-31-,39-36-,40-38-,41-37-,48-45-,50-47-,59-56-. The molecule has 0 fully saturated rings. The monoisotopic (exact) mass is 1060 g/mol. The van der Waals surface area contributed by atoms with Gasteiger partial charge in [0.05, 0.1) is 0 Å². The highest BCUT2D eigenvalue weighted by atomic mass is 16.6. The largest absolute Gasteiger partial charge is 0.462 e. The highest BCUT2D eigenvalue weighted by molar-refractivity contribution is 5.71. The molecule has 0 bridgehead atoms. The molecule has 0 rings (SSSR count). The van der Waals surface area contributed by atoms with Crippen LogP contribution in [-0.4, -0.2) is 37.2 Å². The molecule has 1 atom stereocenters. The number of hydrogen-bond acceptors (Lipinski definition) is 6. The maximum absolute atomic E-state index is 12.9. The van der Waals surface area contributed by atoms with Gasteiger partial charge in [-0.3, -0.25) is 14.4 Å². The zero-order valence-electron chi connectivity index (χ0n) is 49.1. The Morgan fingerprint density at radius 3 is 0.857 bits per heavy atom. The van der Waals surface area contributed by atoms with Crippen molar-refractivity contribution in [2.24, 2.45) is 0 Å². The summed E-state index contributed by atoms with van der Waals surface area (Å²) in [7, 11) is 0. The molecule has 0 heterocycles. The second-order valence-corrected chi connectivity index (χ2v) is 19.5. The molecule has 0 aliphatic heterocycles. The first-order chi connectivity index (χ1) is 38.0. The third-order valence-electron chi connectivity index (χ3n) is 12.2. The zero-order chi connectivity index (χ0) is 55.7. The van der Waals surface area contributed by atoms with Crippen LogP contribution in [0.3, 0.4) is 0 Å². The molecule has 1 unspecified atom stereocenters. The minimum absolute atomic E-state index is 0.134. The van der Waals surface area contributed by atoms with Gasteiger partial charge in [-0.05, 0) is 141 Å². The van der Waals surface area contributed by atoms with Gasteiger partial charge in [-0.15, -0.1) is 0 Å². The highest BCUT2D eigenvalue weighted by Gasteiger charge is 2.19. The number of hydrogen-bond donors (Lipinski definition) is 0. The van der Waals surface area contributed by atoms with Crippen molar-refractivity contribution in [3.8, 4) is 0 Å². The molecule has 77 heavy (non-hydrogen) atoms. The van der Waals surface area contributed by atoms with Gasteiger partial charge in [-0.2, -0.15) is 0 Å². The third-order valence-corrected chi connectivity index (χ3v) is 12.2. The van der Waals surface area contributed by atoms with E-state index in [1.54, 1.807) is 0 Å². The first-order valence-corrected chi connectivity index (χ1v) is 30.6. The van der Waals surface area contributed by atoms with Crippen molar-refractivity contribution >= 4 is 17.9 Å². The Labute approximate surface area is 472 Å². The summed E-state index contributed by atoms with van der Waals surface area (Å²) in [5, 5.41) is 0. The fourth-order valence-corrected chi connectivity index (χ4v) is 7.68. The molecule has 6 nitrogen and oxygen atoms in total. The summed E-state index contributed by atoms with van der Waals surface area (Å²) in [6, 6.07) is 0. The molecular weight excluding hydrogens is 949 g/mol. The van der Waals surface area contributed by atoms with E-state index >= 15 is 0 Å². The fraction of sp³-hybridized carbons (Fsp3) is 0.563. The lowest BCUT2D eigenvalue weighted by molar-refractivity contribution is -0.166. The summed E-state index contributed by atoms with van der Waals surface area (Å²) in [4.78, 5) is 38.3. The molecule has 0 N–H and O–H groups in total. The lowest BCUT2D eigenvalue weighted by Gasteiger charge is -2.18. The van der Waals surface area contributed by atoms with E-state index in [0.29, 0.717) is 19.3 Å². The van der Waals surface area contributed by atoms with Crippen molar-refractivity contribution in [3.63, 3.8) is 0 Å². The molecular formula is C71H110O6. The summed E-state index contributed by atoms with van der Waals surface area (Å²) < 4.78 is 16.8. The van der Waals surface area contributed by atoms with Crippen molar-refractivity contribution in [2.75, 3.05) is 13.2 Å². The van der Waals surface area contributed by atoms with Crippen LogP contribution in [0.2, 0.25) is 0 Å². The smallest absolute Gasteiger partial charge is 0.306 e. The number of rotatable bonds is 53. The van der Waals surface area contributed by atoms with E-state index in [9.17, 15) is 14.4 Å². The van der Waals surface area contributed by atoms with Gasteiger partial charge >= 0.3 is 17.9 Å². The molecule has 0 aromatic heterocycles. The van der Waals surface area contributed by atoms with Gasteiger partial charge in [-0.25, -0.2) is 0 Å². The Bertz CT molecular complexity index is 1790. The second kappa shape index (κ2) is 63.3. The van der Waals surface area contributed by atoms with E-state index in [2.05, 4.69) is 179 Å². The van der Waals surface area contributed by atoms with Crippen LogP contribution < -0.4 is 0 Å². The molecule has 6 heteroatoms. The van der Waals surface area contributed by atoms with E-state index in [4.69, 9.17) is 14.2 Å². The average molecular weight is 1060 g/mol. The lowest BCUT2D eigenvalue weighted by atomic mass is 10.1. The highest BCUT2D eigenvalue weighted by Crippen LogP contribution is 2.12. The molecule has 0 spiro atoms. The van der Waals surface area contributed by atoms with Crippen LogP contribution in [0.5, 0.6) is 0 Å². The Balaban J connectivity index is 4.62. The number of unbranched alkanes of at least 4 members (excludes halogenated alkanes) is 14. The Kier molecular flexibility index (Phi) is 59.0. The third kappa shape index (κ3) is 61.5. The fourth-order valence-electron chi connectivity index (χ4n) is 7.68. The van der Waals surface area contributed by atoms with Crippen LogP contribution in [0.25, 0.3) is 0 Å². The van der Waals surface area contributed by atoms with Crippen molar-refractivity contribution in [2.45, 2.75) is 245 Å². The predicted octanol–water partition coefficient (Wildman–Crippen LogP) is 21.1. The quantitative estimate of drug-likeness (QED) is 0.0261. The Morgan fingerprint density at radius 1 is 0.273 bits per heavy atom. The number of carbonyl (C=O) groups is 3. The molecule has 0 aliphatic carbocycles. The maximum Gasteiger partial charge on any atom is 0.306 e. The minimum Gasteiger partial charge on any atom is -0.462 e. The van der Waals surface area contributed by atoms with E-state index in [-0.39, 0.29) is 31.6 Å². The van der Waals surface area contributed by atoms with Gasteiger partial charge in [0.2, 0.25) is 0 Å². The van der Waals surface area contributed by atoms with Crippen LogP contribution in [0.4, 0.5) is 0 Å². The van der Waals surface area contributed by atoms with E-state index < -0.39 is 12.1 Å². The maximum atomic E-state index is 12.9. The van der Waals surface area contributed by atoms with Gasteiger partial charge < -0.3 is 14.2 Å². The van der Waals surface area contributed by atoms with E-state index in [1.807, 2.05) is 12.2 Å². The van der Waals surface area contributed by atoms with Crippen LogP contribution in [0.1, 0.15) is 239 Å². The second-order valence-electron chi connectivity index (χ2n) is 19.5. The minimum atomic E-state index is -0.849. The summed E-state index contributed by atoms with van der Waals surface area (Å²) in [6.45, 7) is 6.29. The first kappa shape index (κ1) is 71.8. The van der Waals surface area contributed by atoms with Crippen molar-refractivity contribution in [1.82, 2.24) is 0 Å². The van der Waals surface area contributed by atoms with Crippen molar-refractivity contribution in [1.29, 1.82) is 0 Å². The molecule has 0 radical (unpaired) electrons. The van der Waals surface area contributed by atoms with Crippen molar-refractivity contribution < 1.29 is 28.6 Å². The molecule has 0 aromatic rings. The van der Waals surface area contributed by atoms with Crippen LogP contribution in [0, 0.1) is 0 Å². The summed E-state index contributed by atoms with van der Waals surface area (Å²) in [5.74, 6) is -1.07. The molecule has 0 saturated heterocycles. The van der Waals surface area contributed by atoms with Gasteiger partial charge in [0.1, 0.15) is 13.2 Å². The summed E-state index contributed by atoms with van der Waals surface area (Å²) in [5.41, 5.74) is 0. The normalized spacial score (nSPS) is 13.3. The number of carbonyl (C=O) groups excluding carboxylic acids is 3. The van der Waals surface area contributed by atoms with E-state index in [0.717, 1.165) is 141 Å². The van der Waals surface area contributed by atoms with Crippen LogP contribution in [-0.2, 0) is 28.6 Å². The van der Waals surface area contributed by atoms with E-state index in [1.165, 1.54) is 51.4 Å². The molecule has 430 valence electrons. The predicted molar refractivity (Wildman–Crippen MR) is 334 cm³/mol. The van der Waals surface area contributed by atoms with Gasteiger partial charge in [0.15, 0.2) is 6.10 Å². The molecule has 0 saturated carbocycles. The van der Waals surface area contributed by atoms with Crippen LogP contribution in [0.15, 0.2) is 170 Å². The molecule has 0 aliphatic rings. The van der Waals surface area contributed by atoms with Gasteiger partial charge in [0.25, 0.3) is 0 Å². The number of ether oxygens (including phenoxy) is 3. The Hall–Kier alpha value is -5.23. The average Bonchev–Trinajstić information content (AvgIpc) is 3.43. The topological polar surface area (TPSA) is 78.9 Å². The van der Waals surface area contributed by atoms with Crippen LogP contribution >= 0.6 is 0 Å². The SMILES string of the molecule is CC/C=C\C/C=C\C/C=C\C/C=C\C/C=C\C/C=C\CCC(=O)OC(COC(=O)CCCCC/C=C\C/C=C\C/C=C\C/C=C\C/C=C\CC)COC(=O)CCCCCCCC/C=C\C/C=C\C/C=C\CCCCCCC. The van der Waals surface area contributed by atoms with Crippen molar-refractivity contribution in [3.05, 3.63) is 170 Å². The summed E-state index contributed by atoms with van der Waals surface area (Å²) in [6.07, 6.45) is 93.6. The zero-order valence-corrected chi connectivity index (χ0v) is 49.1. The molecule has 0 aromatic carbocycles. The number of esters is 3. The van der Waals surface area contributed by atoms with Gasteiger partial charge in [0, 0.05) is 19.3 Å². The van der Waals surface area contributed by atoms with Gasteiger partial charge in [-0.1, -0.05) is 249 Å². The Morgan fingerprint density at radius 2 is 0.532 bits per heavy atom. The first-order valence-electron chi connectivity index (χ1n) is 30.6. The molecule has 0 amide bonds. The lowest BCUT2D eigenvalue weighted by Crippen LogP contribution is -2.30. The number of allylic oxidation sites excluding steroid dienone is 28. The summed E-state index contributed by atoms with van der Waals surface area (Å²) >= 11 is 0.